The van der Waals surface area contributed by atoms with Crippen LogP contribution in [0.15, 0.2) is 53.4 Å². The van der Waals surface area contributed by atoms with Gasteiger partial charge in [-0.05, 0) is 63.6 Å². The molecule has 1 amide bonds. The molecule has 2 aromatic carbocycles. The minimum absolute atomic E-state index is 0.0326. The van der Waals surface area contributed by atoms with Gasteiger partial charge >= 0.3 is 0 Å². The molecule has 2 rings (SSSR count). The normalized spacial score (nSPS) is 11.5. The van der Waals surface area contributed by atoms with Crippen LogP contribution in [0.4, 0.5) is 5.69 Å². The van der Waals surface area contributed by atoms with Crippen molar-refractivity contribution in [2.45, 2.75) is 51.0 Å². The van der Waals surface area contributed by atoms with Gasteiger partial charge < -0.3 is 14.8 Å². The third-order valence-corrected chi connectivity index (χ3v) is 5.57. The van der Waals surface area contributed by atoms with E-state index in [4.69, 9.17) is 13.7 Å². The summed E-state index contributed by atoms with van der Waals surface area (Å²) in [6.07, 6.45) is 1.66. The van der Waals surface area contributed by atoms with Crippen molar-refractivity contribution in [3.05, 3.63) is 54.1 Å². The third kappa shape index (κ3) is 9.50. The van der Waals surface area contributed by atoms with Gasteiger partial charge in [-0.15, -0.1) is 0 Å². The molecule has 7 nitrogen and oxygen atoms in total. The largest absolute Gasteiger partial charge is 0.494 e. The summed E-state index contributed by atoms with van der Waals surface area (Å²) in [4.78, 5) is 12.1. The average molecular weight is 450 g/mol. The molecule has 1 N–H and O–H groups in total. The number of hydrogen-bond donors (Lipinski definition) is 1. The van der Waals surface area contributed by atoms with E-state index in [2.05, 4.69) is 5.32 Å². The monoisotopic (exact) mass is 449 g/mol. The number of nitrogens with one attached hydrogen (secondary N) is 1. The van der Waals surface area contributed by atoms with Crippen LogP contribution < -0.4 is 10.1 Å². The predicted octanol–water partition coefficient (Wildman–Crippen LogP) is 4.31. The van der Waals surface area contributed by atoms with E-state index >= 15 is 0 Å². The van der Waals surface area contributed by atoms with Crippen molar-refractivity contribution in [1.29, 1.82) is 0 Å². The van der Waals surface area contributed by atoms with Crippen molar-refractivity contribution in [3.63, 3.8) is 0 Å². The van der Waals surface area contributed by atoms with Crippen molar-refractivity contribution in [3.8, 4) is 5.75 Å². The fraction of sp³-hybridized carbons (Fsp3) is 0.435. The highest BCUT2D eigenvalue weighted by Gasteiger charge is 2.14. The molecular weight excluding hydrogens is 418 g/mol. The number of aryl methyl sites for hydroxylation is 1. The molecule has 0 bridgehead atoms. The number of benzene rings is 2. The summed E-state index contributed by atoms with van der Waals surface area (Å²) in [6, 6.07) is 13.5. The van der Waals surface area contributed by atoms with Crippen molar-refractivity contribution in [1.82, 2.24) is 0 Å². The first-order chi connectivity index (χ1) is 14.8. The maximum Gasteiger partial charge on any atom is 0.296 e. The SMILES string of the molecule is Cc1ccc(S(=O)(=O)OCCCOc2ccc(NC(=O)CCCOC(C)C)cc2)cc1. The highest BCUT2D eigenvalue weighted by atomic mass is 32.2. The molecular formula is C23H31NO6S. The predicted molar refractivity (Wildman–Crippen MR) is 120 cm³/mol. The lowest BCUT2D eigenvalue weighted by Crippen LogP contribution is -2.13. The molecule has 0 atom stereocenters. The maximum atomic E-state index is 12.1. The van der Waals surface area contributed by atoms with Gasteiger partial charge in [0.1, 0.15) is 5.75 Å². The molecule has 0 saturated heterocycles. The summed E-state index contributed by atoms with van der Waals surface area (Å²) in [6.45, 7) is 6.72. The first-order valence-corrected chi connectivity index (χ1v) is 11.8. The van der Waals surface area contributed by atoms with E-state index in [9.17, 15) is 13.2 Å². The van der Waals surface area contributed by atoms with Gasteiger partial charge in [-0.3, -0.25) is 8.98 Å². The Kier molecular flexibility index (Phi) is 9.97. The van der Waals surface area contributed by atoms with Crippen LogP contribution in [0.5, 0.6) is 5.75 Å². The number of amides is 1. The zero-order valence-corrected chi connectivity index (χ0v) is 19.1. The fourth-order valence-electron chi connectivity index (χ4n) is 2.60. The molecule has 0 spiro atoms. The fourth-order valence-corrected chi connectivity index (χ4v) is 3.54. The lowest BCUT2D eigenvalue weighted by molar-refractivity contribution is -0.116. The molecule has 0 fully saturated rings. The van der Waals surface area contributed by atoms with E-state index in [-0.39, 0.29) is 23.5 Å². The van der Waals surface area contributed by atoms with Gasteiger partial charge in [0.15, 0.2) is 0 Å². The molecule has 0 aliphatic carbocycles. The quantitative estimate of drug-likeness (QED) is 0.362. The summed E-state index contributed by atoms with van der Waals surface area (Å²) in [5.74, 6) is 0.567. The number of ether oxygens (including phenoxy) is 2. The second-order valence-electron chi connectivity index (χ2n) is 7.39. The molecule has 0 aliphatic heterocycles. The van der Waals surface area contributed by atoms with E-state index in [1.54, 1.807) is 36.4 Å². The number of rotatable bonds is 13. The highest BCUT2D eigenvalue weighted by Crippen LogP contribution is 2.17. The number of anilines is 1. The average Bonchev–Trinajstić information content (AvgIpc) is 2.72. The van der Waals surface area contributed by atoms with Crippen LogP contribution in [0, 0.1) is 6.92 Å². The molecule has 2 aromatic rings. The van der Waals surface area contributed by atoms with Gasteiger partial charge in [0.2, 0.25) is 5.91 Å². The highest BCUT2D eigenvalue weighted by molar-refractivity contribution is 7.86. The Balaban J connectivity index is 1.65. The van der Waals surface area contributed by atoms with Crippen molar-refractivity contribution >= 4 is 21.7 Å². The van der Waals surface area contributed by atoms with E-state index in [0.29, 0.717) is 43.9 Å². The Hall–Kier alpha value is -2.42. The van der Waals surface area contributed by atoms with Crippen LogP contribution in [0.3, 0.4) is 0 Å². The van der Waals surface area contributed by atoms with E-state index in [1.165, 1.54) is 12.1 Å². The summed E-state index contributed by atoms with van der Waals surface area (Å²) >= 11 is 0. The van der Waals surface area contributed by atoms with Crippen LogP contribution in [-0.4, -0.2) is 40.2 Å². The molecule has 0 unspecified atom stereocenters. The molecule has 0 aliphatic rings. The first kappa shape index (κ1) is 24.8. The lowest BCUT2D eigenvalue weighted by Gasteiger charge is -2.10. The van der Waals surface area contributed by atoms with Crippen molar-refractivity contribution < 1.29 is 26.9 Å². The van der Waals surface area contributed by atoms with Crippen LogP contribution in [0.2, 0.25) is 0 Å². The van der Waals surface area contributed by atoms with Gasteiger partial charge in [-0.1, -0.05) is 17.7 Å². The standard InChI is InChI=1S/C23H31NO6S/c1-18(2)28-15-4-6-23(25)24-20-9-11-21(12-10-20)29-16-5-17-30-31(26,27)22-13-7-19(3)8-14-22/h7-14,18H,4-6,15-17H2,1-3H3,(H,24,25). The zero-order chi connectivity index (χ0) is 22.7. The first-order valence-electron chi connectivity index (χ1n) is 10.4. The van der Waals surface area contributed by atoms with Gasteiger partial charge in [0.05, 0.1) is 24.2 Å². The van der Waals surface area contributed by atoms with E-state index < -0.39 is 10.1 Å². The van der Waals surface area contributed by atoms with Gasteiger partial charge in [-0.2, -0.15) is 8.42 Å². The van der Waals surface area contributed by atoms with Crippen molar-refractivity contribution in [2.24, 2.45) is 0 Å². The van der Waals surface area contributed by atoms with Crippen molar-refractivity contribution in [2.75, 3.05) is 25.1 Å². The Labute approximate surface area is 184 Å². The minimum Gasteiger partial charge on any atom is -0.494 e. The Bertz CT molecular complexity index is 908. The topological polar surface area (TPSA) is 90.9 Å². The van der Waals surface area contributed by atoms with Crippen LogP contribution in [-0.2, 0) is 23.8 Å². The number of carbonyl (C=O) groups is 1. The Morgan fingerprint density at radius 2 is 1.61 bits per heavy atom. The minimum atomic E-state index is -3.76. The van der Waals surface area contributed by atoms with Crippen LogP contribution >= 0.6 is 0 Å². The lowest BCUT2D eigenvalue weighted by atomic mass is 10.2. The maximum absolute atomic E-state index is 12.1. The van der Waals surface area contributed by atoms with Gasteiger partial charge in [0, 0.05) is 25.1 Å². The zero-order valence-electron chi connectivity index (χ0n) is 18.3. The van der Waals surface area contributed by atoms with E-state index in [1.807, 2.05) is 20.8 Å². The van der Waals surface area contributed by atoms with E-state index in [0.717, 1.165) is 5.56 Å². The second-order valence-corrected chi connectivity index (χ2v) is 9.00. The molecule has 0 radical (unpaired) electrons. The smallest absolute Gasteiger partial charge is 0.296 e. The Morgan fingerprint density at radius 1 is 0.935 bits per heavy atom. The Morgan fingerprint density at radius 3 is 2.26 bits per heavy atom. The molecule has 31 heavy (non-hydrogen) atoms. The summed E-state index contributed by atoms with van der Waals surface area (Å²) in [5.41, 5.74) is 1.67. The number of hydrogen-bond acceptors (Lipinski definition) is 6. The second kappa shape index (κ2) is 12.4. The molecule has 170 valence electrons. The molecule has 0 heterocycles. The third-order valence-electron chi connectivity index (χ3n) is 4.24. The van der Waals surface area contributed by atoms with Crippen LogP contribution in [0.25, 0.3) is 0 Å². The summed E-state index contributed by atoms with van der Waals surface area (Å²) in [5, 5.41) is 2.83. The van der Waals surface area contributed by atoms with Crippen LogP contribution in [0.1, 0.15) is 38.7 Å². The molecule has 8 heteroatoms. The van der Waals surface area contributed by atoms with Gasteiger partial charge in [-0.25, -0.2) is 0 Å². The molecule has 0 aromatic heterocycles. The summed E-state index contributed by atoms with van der Waals surface area (Å²) < 4.78 is 40.3. The number of carbonyl (C=O) groups excluding carboxylic acids is 1. The van der Waals surface area contributed by atoms with Gasteiger partial charge in [0.25, 0.3) is 10.1 Å². The summed E-state index contributed by atoms with van der Waals surface area (Å²) in [7, 11) is -3.76. The molecule has 0 saturated carbocycles.